The summed E-state index contributed by atoms with van der Waals surface area (Å²) < 4.78 is 21.9. The van der Waals surface area contributed by atoms with Gasteiger partial charge in [-0.2, -0.15) is 0 Å². The Balaban J connectivity index is 0.000000172. The van der Waals surface area contributed by atoms with Crippen molar-refractivity contribution in [3.63, 3.8) is 0 Å². The van der Waals surface area contributed by atoms with E-state index in [1.54, 1.807) is 0 Å². The summed E-state index contributed by atoms with van der Waals surface area (Å²) in [4.78, 5) is 20.9. The van der Waals surface area contributed by atoms with Crippen LogP contribution in [-0.4, -0.2) is 72.4 Å². The Morgan fingerprint density at radius 2 is 0.430 bits per heavy atom. The molecule has 15 rings (SSSR count). The molecular formula is C78H72B2N12O6Zn2. The van der Waals surface area contributed by atoms with E-state index in [1.165, 1.54) is 26.4 Å². The standard InChI is InChI=1S/2C30H28BN6.2C6H6O3.C6H6.2Zn/c2*1-22-19-28(25-13-7-4-8-14-25)32-35(22)31(36-23(2)20-29(33-36)26-15-9-5-10-16-26)37-24(3)21-30(34-37)27-17-11-6-12-18-27;2*1-4-6(8)5(7)2-3-9-4;1-2-4-6-5-3-1;;/h2*4-21,31H,1-3H3;2*2-3,8H,1H3;1-6H;;/q2*-1;;;;2*+2/p-2. The van der Waals surface area contributed by atoms with E-state index in [2.05, 4.69) is 187 Å². The summed E-state index contributed by atoms with van der Waals surface area (Å²) in [5.74, 6) is -0.833. The molecule has 0 bridgehead atoms. The van der Waals surface area contributed by atoms with E-state index in [4.69, 9.17) is 30.6 Å². The maximum atomic E-state index is 10.6. The summed E-state index contributed by atoms with van der Waals surface area (Å²) in [6.07, 6.45) is 2.41. The molecule has 7 aromatic carbocycles. The van der Waals surface area contributed by atoms with Crippen LogP contribution < -0.4 is 21.1 Å². The molecule has 0 N–H and O–H groups in total. The minimum absolute atomic E-state index is 0. The minimum Gasteiger partial charge on any atom is -0.868 e. The Hall–Kier alpha value is -11.3. The average molecular weight is 1430 g/mol. The van der Waals surface area contributed by atoms with Crippen molar-refractivity contribution in [2.45, 2.75) is 55.4 Å². The second kappa shape index (κ2) is 34.3. The van der Waals surface area contributed by atoms with Gasteiger partial charge < -0.3 is 46.6 Å². The molecule has 8 heterocycles. The van der Waals surface area contributed by atoms with Gasteiger partial charge in [0, 0.05) is 45.5 Å². The van der Waals surface area contributed by atoms with Gasteiger partial charge in [-0.3, -0.25) is 9.59 Å². The third-order valence-electron chi connectivity index (χ3n) is 16.6. The topological polar surface area (TPSA) is 213 Å². The monoisotopic (exact) mass is 1420 g/mol. The maximum Gasteiger partial charge on any atom is 2.00 e. The third kappa shape index (κ3) is 17.5. The van der Waals surface area contributed by atoms with Crippen LogP contribution in [0.2, 0.25) is 0 Å². The maximum absolute atomic E-state index is 10.6. The Kier molecular flexibility index (Phi) is 25.0. The van der Waals surface area contributed by atoms with Gasteiger partial charge in [-0.25, -0.2) is 30.6 Å². The Bertz CT molecular complexity index is 4450. The van der Waals surface area contributed by atoms with Gasteiger partial charge >= 0.3 is 53.2 Å². The van der Waals surface area contributed by atoms with Crippen LogP contribution in [0.4, 0.5) is 0 Å². The quantitative estimate of drug-likeness (QED) is 0.104. The van der Waals surface area contributed by atoms with Gasteiger partial charge in [0.15, 0.2) is 10.9 Å². The zero-order valence-corrected chi connectivity index (χ0v) is 63.1. The van der Waals surface area contributed by atoms with E-state index < -0.39 is 36.6 Å². The van der Waals surface area contributed by atoms with Crippen molar-refractivity contribution in [2.75, 3.05) is 0 Å². The molecule has 0 aliphatic carbocycles. The SMILES string of the molecule is Cc1cc(-c2ccccc2)nn1[BH-](n1nc(-c2ccccc2)cc1C)n1nc(-c2ccccc2)cc1C.Cc1cc(-c2ccccc2)nn1[BH-](n1nc(-c2ccccc2)cc1C)n1nc(-c2ccccc2)cc1C.Cc1occc(=O)c1[O-].Cc1occc(=O)c1[O-].[Zn+2].[Zn+2].c1ccccc1. The van der Waals surface area contributed by atoms with Crippen LogP contribution in [-0.2, 0) is 39.0 Å². The number of aryl methyl sites for hydroxylation is 8. The van der Waals surface area contributed by atoms with Gasteiger partial charge in [-0.15, -0.1) is 0 Å². The Morgan fingerprint density at radius 1 is 0.270 bits per heavy atom. The molecule has 0 aliphatic heterocycles. The third-order valence-corrected chi connectivity index (χ3v) is 16.6. The molecule has 0 atom stereocenters. The first-order chi connectivity index (χ1) is 47.6. The first kappa shape index (κ1) is 72.9. The average Bonchev–Trinajstić information content (AvgIpc) is 1.62. The zero-order chi connectivity index (χ0) is 68.7. The van der Waals surface area contributed by atoms with Crippen molar-refractivity contribution in [3.8, 4) is 79.0 Å². The second-order valence-corrected chi connectivity index (χ2v) is 23.6. The van der Waals surface area contributed by atoms with Crippen LogP contribution in [0.1, 0.15) is 45.7 Å². The molecule has 22 heteroatoms. The molecule has 0 spiro atoms. The fourth-order valence-corrected chi connectivity index (χ4v) is 11.4. The van der Waals surface area contributed by atoms with Crippen LogP contribution >= 0.6 is 0 Å². The molecule has 0 radical (unpaired) electrons. The van der Waals surface area contributed by atoms with E-state index in [0.717, 1.165) is 114 Å². The zero-order valence-electron chi connectivity index (χ0n) is 57.2. The summed E-state index contributed by atoms with van der Waals surface area (Å²) in [5.41, 5.74) is 17.5. The Morgan fingerprint density at radius 3 is 0.580 bits per heavy atom. The van der Waals surface area contributed by atoms with Crippen molar-refractivity contribution < 1.29 is 58.0 Å². The smallest absolute Gasteiger partial charge is 0.868 e. The molecular weight excluding hydrogens is 1350 g/mol. The van der Waals surface area contributed by atoms with Crippen LogP contribution in [0.3, 0.4) is 0 Å². The van der Waals surface area contributed by atoms with Crippen LogP contribution in [0, 0.1) is 55.4 Å². The summed E-state index contributed by atoms with van der Waals surface area (Å²) in [5, 5.41) is 51.8. The minimum atomic E-state index is -1.55. The summed E-state index contributed by atoms with van der Waals surface area (Å²) in [7, 11) is -3.11. The summed E-state index contributed by atoms with van der Waals surface area (Å²) >= 11 is 0. The molecule has 490 valence electrons. The number of benzene rings is 7. The molecule has 15 aromatic rings. The fraction of sp³-hybridized carbons (Fsp3) is 0.103. The molecule has 8 aromatic heterocycles. The molecule has 0 fully saturated rings. The van der Waals surface area contributed by atoms with Gasteiger partial charge in [0.2, 0.25) is 0 Å². The van der Waals surface area contributed by atoms with E-state index in [9.17, 15) is 19.8 Å². The molecule has 100 heavy (non-hydrogen) atoms. The van der Waals surface area contributed by atoms with Gasteiger partial charge in [-0.05, 0) is 137 Å². The van der Waals surface area contributed by atoms with Gasteiger partial charge in [0.25, 0.3) is 0 Å². The largest absolute Gasteiger partial charge is 2.00 e. The first-order valence-corrected chi connectivity index (χ1v) is 32.1. The molecule has 0 saturated carbocycles. The number of rotatable bonds is 12. The van der Waals surface area contributed by atoms with Crippen molar-refractivity contribution in [1.29, 1.82) is 0 Å². The molecule has 0 unspecified atom stereocenters. The van der Waals surface area contributed by atoms with Gasteiger partial charge in [0.05, 0.1) is 58.2 Å². The normalized spacial score (nSPS) is 10.6. The molecule has 0 aliphatic rings. The fourth-order valence-electron chi connectivity index (χ4n) is 11.4. The van der Waals surface area contributed by atoms with E-state index >= 15 is 0 Å². The van der Waals surface area contributed by atoms with E-state index in [0.29, 0.717) is 0 Å². The van der Waals surface area contributed by atoms with Crippen molar-refractivity contribution in [3.05, 3.63) is 346 Å². The molecule has 0 saturated heterocycles. The number of nitrogens with zero attached hydrogens (tertiary/aromatic N) is 12. The van der Waals surface area contributed by atoms with Crippen LogP contribution in [0.25, 0.3) is 67.5 Å². The molecule has 0 amide bonds. The number of aromatic nitrogens is 12. The van der Waals surface area contributed by atoms with Gasteiger partial charge in [-0.1, -0.05) is 218 Å². The number of hydrogen-bond acceptors (Lipinski definition) is 12. The predicted molar refractivity (Wildman–Crippen MR) is 386 cm³/mol. The predicted octanol–water partition coefficient (Wildman–Crippen LogP) is 13.5. The number of hydrogen-bond donors (Lipinski definition) is 0. The Labute approximate surface area is 606 Å². The molecule has 18 nitrogen and oxygen atoms in total. The van der Waals surface area contributed by atoms with Gasteiger partial charge in [0.1, 0.15) is 0 Å². The van der Waals surface area contributed by atoms with Crippen LogP contribution in [0.5, 0.6) is 11.5 Å². The van der Waals surface area contributed by atoms with Crippen molar-refractivity contribution in [1.82, 2.24) is 58.1 Å². The van der Waals surface area contributed by atoms with E-state index in [1.807, 2.05) is 146 Å². The second-order valence-electron chi connectivity index (χ2n) is 23.6. The van der Waals surface area contributed by atoms with E-state index in [-0.39, 0.29) is 50.5 Å². The summed E-state index contributed by atoms with van der Waals surface area (Å²) in [6.45, 7) is 15.6. The summed E-state index contributed by atoms with van der Waals surface area (Å²) in [6, 6.07) is 88.9. The van der Waals surface area contributed by atoms with Crippen LogP contribution in [0.15, 0.2) is 298 Å². The van der Waals surface area contributed by atoms with Crippen molar-refractivity contribution >= 4 is 14.2 Å². The van der Waals surface area contributed by atoms with Crippen molar-refractivity contribution in [2.24, 2.45) is 0 Å². The first-order valence-electron chi connectivity index (χ1n) is 32.1.